The molecule has 1 rings (SSSR count). The molecule has 4 nitrogen and oxygen atoms in total. The third-order valence-corrected chi connectivity index (χ3v) is 3.68. The van der Waals surface area contributed by atoms with E-state index in [2.05, 4.69) is 6.92 Å². The molecule has 1 aromatic rings. The first kappa shape index (κ1) is 20.2. The molecule has 0 N–H and O–H groups in total. The van der Waals surface area contributed by atoms with Crippen molar-refractivity contribution in [1.82, 2.24) is 0 Å². The van der Waals surface area contributed by atoms with E-state index in [0.717, 1.165) is 31.2 Å². The standard InChI is InChI=1S/C20H30O4/c1-4-7-8-9-12-16-13-14-17(23-19(21)10-5-2)18(15-16)24-20(22)11-6-3/h13-15H,4-12H2,1-3H3. The molecule has 0 fully saturated rings. The highest BCUT2D eigenvalue weighted by molar-refractivity contribution is 5.76. The van der Waals surface area contributed by atoms with Gasteiger partial charge in [0, 0.05) is 12.8 Å². The summed E-state index contributed by atoms with van der Waals surface area (Å²) in [5.41, 5.74) is 1.10. The summed E-state index contributed by atoms with van der Waals surface area (Å²) >= 11 is 0. The predicted molar refractivity (Wildman–Crippen MR) is 95.4 cm³/mol. The van der Waals surface area contributed by atoms with Crippen LogP contribution in [0, 0.1) is 0 Å². The van der Waals surface area contributed by atoms with Crippen LogP contribution in [-0.4, -0.2) is 11.9 Å². The molecule has 0 bridgehead atoms. The van der Waals surface area contributed by atoms with E-state index < -0.39 is 0 Å². The van der Waals surface area contributed by atoms with Crippen molar-refractivity contribution in [3.63, 3.8) is 0 Å². The molecule has 1 aromatic carbocycles. The van der Waals surface area contributed by atoms with Crippen molar-refractivity contribution >= 4 is 11.9 Å². The molecule has 4 heteroatoms. The van der Waals surface area contributed by atoms with Gasteiger partial charge in [0.15, 0.2) is 11.5 Å². The minimum atomic E-state index is -0.305. The zero-order valence-corrected chi connectivity index (χ0v) is 15.2. The number of benzene rings is 1. The van der Waals surface area contributed by atoms with Crippen molar-refractivity contribution < 1.29 is 19.1 Å². The quantitative estimate of drug-likeness (QED) is 0.316. The summed E-state index contributed by atoms with van der Waals surface area (Å²) in [6.45, 7) is 6.03. The number of unbranched alkanes of at least 4 members (excludes halogenated alkanes) is 3. The molecule has 0 aliphatic rings. The number of rotatable bonds is 11. The molecule has 134 valence electrons. The van der Waals surface area contributed by atoms with Gasteiger partial charge < -0.3 is 9.47 Å². The van der Waals surface area contributed by atoms with E-state index in [1.807, 2.05) is 26.0 Å². The van der Waals surface area contributed by atoms with Gasteiger partial charge in [0.2, 0.25) is 0 Å². The topological polar surface area (TPSA) is 52.6 Å². The smallest absolute Gasteiger partial charge is 0.311 e. The summed E-state index contributed by atoms with van der Waals surface area (Å²) in [6, 6.07) is 5.50. The highest BCUT2D eigenvalue weighted by Crippen LogP contribution is 2.30. The van der Waals surface area contributed by atoms with Gasteiger partial charge in [-0.15, -0.1) is 0 Å². The molecule has 0 saturated heterocycles. The van der Waals surface area contributed by atoms with E-state index in [-0.39, 0.29) is 11.9 Å². The number of esters is 2. The molecular weight excluding hydrogens is 304 g/mol. The minimum absolute atomic E-state index is 0.298. The van der Waals surface area contributed by atoms with Crippen LogP contribution in [0.2, 0.25) is 0 Å². The van der Waals surface area contributed by atoms with Crippen LogP contribution in [0.25, 0.3) is 0 Å². The maximum absolute atomic E-state index is 11.8. The normalized spacial score (nSPS) is 10.5. The molecule has 0 heterocycles. The van der Waals surface area contributed by atoms with Gasteiger partial charge in [0.1, 0.15) is 0 Å². The van der Waals surface area contributed by atoms with Gasteiger partial charge in [-0.1, -0.05) is 46.1 Å². The second-order valence-corrected chi connectivity index (χ2v) is 6.04. The molecule has 0 spiro atoms. The van der Waals surface area contributed by atoms with Gasteiger partial charge in [-0.3, -0.25) is 9.59 Å². The van der Waals surface area contributed by atoms with Gasteiger partial charge in [-0.25, -0.2) is 0 Å². The number of aryl methyl sites for hydroxylation is 1. The number of ether oxygens (including phenoxy) is 2. The van der Waals surface area contributed by atoms with Crippen LogP contribution in [0.4, 0.5) is 0 Å². The number of hydrogen-bond donors (Lipinski definition) is 0. The largest absolute Gasteiger partial charge is 0.423 e. The molecular formula is C20H30O4. The Bertz CT molecular complexity index is 522. The zero-order valence-electron chi connectivity index (χ0n) is 15.2. The Balaban J connectivity index is 2.83. The Morgan fingerprint density at radius 1 is 0.792 bits per heavy atom. The Hall–Kier alpha value is -1.84. The van der Waals surface area contributed by atoms with Gasteiger partial charge in [0.25, 0.3) is 0 Å². The van der Waals surface area contributed by atoms with Crippen LogP contribution < -0.4 is 9.47 Å². The number of carbonyl (C=O) groups excluding carboxylic acids is 2. The molecule has 0 aliphatic heterocycles. The van der Waals surface area contributed by atoms with Gasteiger partial charge in [0.05, 0.1) is 0 Å². The fourth-order valence-corrected chi connectivity index (χ4v) is 2.38. The van der Waals surface area contributed by atoms with Crippen molar-refractivity contribution in [3.8, 4) is 11.5 Å². The van der Waals surface area contributed by atoms with Crippen molar-refractivity contribution in [1.29, 1.82) is 0 Å². The first-order chi connectivity index (χ1) is 11.6. The third-order valence-electron chi connectivity index (χ3n) is 3.68. The molecule has 0 radical (unpaired) electrons. The number of hydrogen-bond acceptors (Lipinski definition) is 4. The molecule has 0 aliphatic carbocycles. The molecule has 0 unspecified atom stereocenters. The van der Waals surface area contributed by atoms with E-state index in [4.69, 9.17) is 9.47 Å². The van der Waals surface area contributed by atoms with E-state index in [1.54, 1.807) is 6.07 Å². The Labute approximate surface area is 145 Å². The monoisotopic (exact) mass is 334 g/mol. The Morgan fingerprint density at radius 2 is 1.42 bits per heavy atom. The molecule has 0 amide bonds. The summed E-state index contributed by atoms with van der Waals surface area (Å²) in [5, 5.41) is 0. The van der Waals surface area contributed by atoms with Crippen LogP contribution in [0.15, 0.2) is 18.2 Å². The first-order valence-electron chi connectivity index (χ1n) is 9.14. The van der Waals surface area contributed by atoms with Crippen molar-refractivity contribution in [2.75, 3.05) is 0 Å². The van der Waals surface area contributed by atoms with Gasteiger partial charge in [-0.2, -0.15) is 0 Å². The second kappa shape index (κ2) is 11.7. The fourth-order valence-electron chi connectivity index (χ4n) is 2.38. The predicted octanol–water partition coefficient (Wildman–Crippen LogP) is 5.22. The molecule has 0 saturated carbocycles. The van der Waals surface area contributed by atoms with E-state index in [1.165, 1.54) is 19.3 Å². The average Bonchev–Trinajstić information content (AvgIpc) is 2.54. The fraction of sp³-hybridized carbons (Fsp3) is 0.600. The minimum Gasteiger partial charge on any atom is -0.423 e. The maximum atomic E-state index is 11.8. The van der Waals surface area contributed by atoms with Crippen molar-refractivity contribution in [2.24, 2.45) is 0 Å². The van der Waals surface area contributed by atoms with Crippen LogP contribution in [0.5, 0.6) is 11.5 Å². The lowest BCUT2D eigenvalue weighted by molar-refractivity contribution is -0.137. The van der Waals surface area contributed by atoms with Crippen molar-refractivity contribution in [2.45, 2.75) is 78.6 Å². The Kier molecular flexibility index (Phi) is 9.81. The lowest BCUT2D eigenvalue weighted by atomic mass is 10.1. The van der Waals surface area contributed by atoms with Crippen LogP contribution in [0.3, 0.4) is 0 Å². The lowest BCUT2D eigenvalue weighted by Gasteiger charge is -2.12. The van der Waals surface area contributed by atoms with Crippen LogP contribution in [-0.2, 0) is 16.0 Å². The van der Waals surface area contributed by atoms with E-state index in [0.29, 0.717) is 24.3 Å². The van der Waals surface area contributed by atoms with E-state index in [9.17, 15) is 9.59 Å². The molecule has 0 aromatic heterocycles. The second-order valence-electron chi connectivity index (χ2n) is 6.04. The third kappa shape index (κ3) is 7.62. The Morgan fingerprint density at radius 3 is 2.00 bits per heavy atom. The SMILES string of the molecule is CCCCCCc1ccc(OC(=O)CCC)c(OC(=O)CCC)c1. The number of carbonyl (C=O) groups is 2. The van der Waals surface area contributed by atoms with Crippen LogP contribution in [0.1, 0.15) is 77.7 Å². The zero-order chi connectivity index (χ0) is 17.8. The average molecular weight is 334 g/mol. The summed E-state index contributed by atoms with van der Waals surface area (Å²) in [5.74, 6) is 0.0792. The van der Waals surface area contributed by atoms with Crippen LogP contribution >= 0.6 is 0 Å². The first-order valence-corrected chi connectivity index (χ1v) is 9.14. The van der Waals surface area contributed by atoms with Crippen molar-refractivity contribution in [3.05, 3.63) is 23.8 Å². The van der Waals surface area contributed by atoms with Gasteiger partial charge >= 0.3 is 11.9 Å². The molecule has 24 heavy (non-hydrogen) atoms. The maximum Gasteiger partial charge on any atom is 0.311 e. The highest BCUT2D eigenvalue weighted by atomic mass is 16.6. The van der Waals surface area contributed by atoms with Gasteiger partial charge in [-0.05, 0) is 43.4 Å². The molecule has 0 atom stereocenters. The summed E-state index contributed by atoms with van der Waals surface area (Å²) < 4.78 is 10.8. The summed E-state index contributed by atoms with van der Waals surface area (Å²) in [4.78, 5) is 23.6. The van der Waals surface area contributed by atoms with E-state index >= 15 is 0 Å². The summed E-state index contributed by atoms with van der Waals surface area (Å²) in [6.07, 6.45) is 7.79. The summed E-state index contributed by atoms with van der Waals surface area (Å²) in [7, 11) is 0. The lowest BCUT2D eigenvalue weighted by Crippen LogP contribution is -2.12. The highest BCUT2D eigenvalue weighted by Gasteiger charge is 2.14.